The number of hydrogen-bond acceptors (Lipinski definition) is 3. The Morgan fingerprint density at radius 2 is 2.00 bits per heavy atom. The maximum Gasteiger partial charge on any atom is 0.417 e. The van der Waals surface area contributed by atoms with Gasteiger partial charge in [-0.2, -0.15) is 30.2 Å². The number of hydrogen-bond donors (Lipinski definition) is 2. The van der Waals surface area contributed by atoms with Gasteiger partial charge in [-0.15, -0.1) is 0 Å². The summed E-state index contributed by atoms with van der Waals surface area (Å²) in [6, 6.07) is 3.77. The normalized spacial score (nSPS) is 14.7. The molecule has 1 atom stereocenters. The van der Waals surface area contributed by atoms with Crippen LogP contribution in [0.25, 0.3) is 10.9 Å². The zero-order valence-electron chi connectivity index (χ0n) is 13.0. The summed E-state index contributed by atoms with van der Waals surface area (Å²) in [7, 11) is 0. The molecule has 1 aromatic heterocycles. The smallest absolute Gasteiger partial charge is 0.383 e. The molecule has 0 saturated carbocycles. The van der Waals surface area contributed by atoms with Gasteiger partial charge in [0.15, 0.2) is 0 Å². The number of alkyl halides is 3. The van der Waals surface area contributed by atoms with Crippen LogP contribution in [0.15, 0.2) is 12.1 Å². The molecular formula is C16H17F3N2OS. The van der Waals surface area contributed by atoms with Gasteiger partial charge < -0.3 is 10.1 Å². The van der Waals surface area contributed by atoms with Crippen LogP contribution in [0.5, 0.6) is 0 Å². The Morgan fingerprint density at radius 1 is 1.35 bits per heavy atom. The zero-order chi connectivity index (χ0) is 17.4. The molecule has 0 fully saturated rings. The maximum atomic E-state index is 13.1. The van der Waals surface area contributed by atoms with Crippen LogP contribution in [0, 0.1) is 18.3 Å². The molecule has 0 unspecified atom stereocenters. The molecule has 0 bridgehead atoms. The summed E-state index contributed by atoms with van der Waals surface area (Å²) in [6.45, 7) is 5.32. The van der Waals surface area contributed by atoms with E-state index in [1.807, 2.05) is 6.92 Å². The highest BCUT2D eigenvalue weighted by molar-refractivity contribution is 7.99. The lowest BCUT2D eigenvalue weighted by atomic mass is 9.98. The molecule has 0 saturated heterocycles. The summed E-state index contributed by atoms with van der Waals surface area (Å²) < 4.78 is 39.2. The van der Waals surface area contributed by atoms with Crippen molar-refractivity contribution in [2.24, 2.45) is 0 Å². The molecule has 3 nitrogen and oxygen atoms in total. The van der Waals surface area contributed by atoms with Gasteiger partial charge in [-0.1, -0.05) is 6.92 Å². The Morgan fingerprint density at radius 3 is 2.52 bits per heavy atom. The summed E-state index contributed by atoms with van der Waals surface area (Å²) in [4.78, 5) is 2.90. The standard InChI is InChI=1S/C16H17F3N2OS/c1-4-23-8-15(3,22)14-9(2)11-5-10(7-20)12(16(17,18)19)6-13(11)21-14/h5-6,21-22H,4,8H2,1-3H3/t15-/m0/s1. The fourth-order valence-electron chi connectivity index (χ4n) is 2.62. The summed E-state index contributed by atoms with van der Waals surface area (Å²) in [5.74, 6) is 1.25. The van der Waals surface area contributed by atoms with Crippen molar-refractivity contribution in [3.8, 4) is 6.07 Å². The number of thioether (sulfide) groups is 1. The monoisotopic (exact) mass is 342 g/mol. The molecule has 1 heterocycles. The minimum atomic E-state index is -4.60. The predicted octanol–water partition coefficient (Wildman–Crippen LogP) is 4.33. The third-order valence-electron chi connectivity index (χ3n) is 3.75. The molecule has 23 heavy (non-hydrogen) atoms. The van der Waals surface area contributed by atoms with Gasteiger partial charge in [0, 0.05) is 16.7 Å². The minimum Gasteiger partial charge on any atom is -0.383 e. The summed E-state index contributed by atoms with van der Waals surface area (Å²) in [6.07, 6.45) is -4.60. The molecule has 0 aliphatic carbocycles. The fraction of sp³-hybridized carbons (Fsp3) is 0.438. The number of aliphatic hydroxyl groups is 1. The van der Waals surface area contributed by atoms with Gasteiger partial charge in [-0.3, -0.25) is 0 Å². The van der Waals surface area contributed by atoms with Crippen molar-refractivity contribution in [3.63, 3.8) is 0 Å². The summed E-state index contributed by atoms with van der Waals surface area (Å²) in [5.41, 5.74) is -1.16. The molecule has 2 aromatic rings. The molecule has 0 spiro atoms. The van der Waals surface area contributed by atoms with Crippen molar-refractivity contribution >= 4 is 22.7 Å². The number of nitrogens with one attached hydrogen (secondary N) is 1. The lowest BCUT2D eigenvalue weighted by molar-refractivity contribution is -0.137. The molecule has 124 valence electrons. The van der Waals surface area contributed by atoms with E-state index in [1.165, 1.54) is 6.07 Å². The maximum absolute atomic E-state index is 13.1. The molecule has 1 aromatic carbocycles. The summed E-state index contributed by atoms with van der Waals surface area (Å²) >= 11 is 1.54. The number of aromatic nitrogens is 1. The Balaban J connectivity index is 2.65. The second-order valence-corrected chi connectivity index (χ2v) is 6.86. The first-order valence-corrected chi connectivity index (χ1v) is 8.21. The van der Waals surface area contributed by atoms with Crippen LogP contribution in [0.2, 0.25) is 0 Å². The fourth-order valence-corrected chi connectivity index (χ4v) is 3.36. The molecule has 0 radical (unpaired) electrons. The van der Waals surface area contributed by atoms with Gasteiger partial charge in [0.05, 0.1) is 22.9 Å². The van der Waals surface area contributed by atoms with Gasteiger partial charge in [0.1, 0.15) is 5.60 Å². The van der Waals surface area contributed by atoms with Crippen molar-refractivity contribution in [1.29, 1.82) is 5.26 Å². The van der Waals surface area contributed by atoms with Crippen LogP contribution in [0.1, 0.15) is 36.2 Å². The van der Waals surface area contributed by atoms with Gasteiger partial charge in [-0.25, -0.2) is 0 Å². The first-order chi connectivity index (χ1) is 10.6. The van der Waals surface area contributed by atoms with Crippen molar-refractivity contribution in [3.05, 3.63) is 34.5 Å². The van der Waals surface area contributed by atoms with E-state index in [1.54, 1.807) is 31.7 Å². The zero-order valence-corrected chi connectivity index (χ0v) is 13.8. The third-order valence-corrected chi connectivity index (χ3v) is 4.92. The summed E-state index contributed by atoms with van der Waals surface area (Å²) in [5, 5.41) is 20.1. The van der Waals surface area contributed by atoms with E-state index in [4.69, 9.17) is 5.26 Å². The van der Waals surface area contributed by atoms with Crippen LogP contribution < -0.4 is 0 Å². The highest BCUT2D eigenvalue weighted by Gasteiger charge is 2.35. The number of halogens is 3. The molecule has 0 aliphatic heterocycles. The number of rotatable bonds is 4. The van der Waals surface area contributed by atoms with E-state index < -0.39 is 22.9 Å². The van der Waals surface area contributed by atoms with E-state index in [0.29, 0.717) is 22.4 Å². The Hall–Kier alpha value is -1.65. The largest absolute Gasteiger partial charge is 0.417 e. The Bertz CT molecular complexity index is 772. The third kappa shape index (κ3) is 3.33. The SMILES string of the molecule is CCSC[C@](C)(O)c1[nH]c2cc(C(F)(F)F)c(C#N)cc2c1C. The quantitative estimate of drug-likeness (QED) is 0.869. The highest BCUT2D eigenvalue weighted by Crippen LogP contribution is 2.37. The predicted molar refractivity (Wildman–Crippen MR) is 85.3 cm³/mol. The molecule has 0 amide bonds. The molecule has 2 N–H and O–H groups in total. The van der Waals surface area contributed by atoms with E-state index >= 15 is 0 Å². The van der Waals surface area contributed by atoms with Gasteiger partial charge in [0.2, 0.25) is 0 Å². The van der Waals surface area contributed by atoms with Gasteiger partial charge in [-0.05, 0) is 37.3 Å². The number of nitriles is 1. The first kappa shape index (κ1) is 17.7. The second kappa shape index (κ2) is 6.10. The van der Waals surface area contributed by atoms with Crippen molar-refractivity contribution in [1.82, 2.24) is 4.98 Å². The topological polar surface area (TPSA) is 59.8 Å². The van der Waals surface area contributed by atoms with E-state index in [-0.39, 0.29) is 5.52 Å². The van der Waals surface area contributed by atoms with Crippen LogP contribution in [-0.2, 0) is 11.8 Å². The van der Waals surface area contributed by atoms with Gasteiger partial charge >= 0.3 is 6.18 Å². The van der Waals surface area contributed by atoms with Crippen molar-refractivity contribution in [2.75, 3.05) is 11.5 Å². The van der Waals surface area contributed by atoms with Crippen molar-refractivity contribution < 1.29 is 18.3 Å². The molecule has 7 heteroatoms. The lowest BCUT2D eigenvalue weighted by Crippen LogP contribution is -2.26. The minimum absolute atomic E-state index is 0.269. The molecule has 0 aliphatic rings. The van der Waals surface area contributed by atoms with Crippen LogP contribution in [0.4, 0.5) is 13.2 Å². The van der Waals surface area contributed by atoms with Crippen LogP contribution in [-0.4, -0.2) is 21.6 Å². The first-order valence-electron chi connectivity index (χ1n) is 7.06. The number of benzene rings is 1. The number of nitrogens with zero attached hydrogens (tertiary/aromatic N) is 1. The van der Waals surface area contributed by atoms with Gasteiger partial charge in [0.25, 0.3) is 0 Å². The lowest BCUT2D eigenvalue weighted by Gasteiger charge is -2.22. The van der Waals surface area contributed by atoms with Crippen LogP contribution >= 0.6 is 11.8 Å². The van der Waals surface area contributed by atoms with Crippen LogP contribution in [0.3, 0.4) is 0 Å². The Labute approximate surface area is 136 Å². The molecular weight excluding hydrogens is 325 g/mol. The average molecular weight is 342 g/mol. The number of aryl methyl sites for hydroxylation is 1. The highest BCUT2D eigenvalue weighted by atomic mass is 32.2. The second-order valence-electron chi connectivity index (χ2n) is 5.59. The number of aromatic amines is 1. The Kier molecular flexibility index (Phi) is 4.69. The number of H-pyrrole nitrogens is 1. The van der Waals surface area contributed by atoms with E-state index in [2.05, 4.69) is 4.98 Å². The van der Waals surface area contributed by atoms with E-state index in [9.17, 15) is 18.3 Å². The molecule has 2 rings (SSSR count). The van der Waals surface area contributed by atoms with E-state index in [0.717, 1.165) is 11.8 Å². The number of fused-ring (bicyclic) bond motifs is 1. The van der Waals surface area contributed by atoms with Crippen molar-refractivity contribution in [2.45, 2.75) is 32.5 Å². The average Bonchev–Trinajstić information content (AvgIpc) is 2.80.